The van der Waals surface area contributed by atoms with E-state index in [1.807, 2.05) is 30.6 Å². The number of aromatic nitrogens is 1. The molecule has 1 heterocycles. The van der Waals surface area contributed by atoms with E-state index in [1.54, 1.807) is 18.4 Å². The van der Waals surface area contributed by atoms with Crippen LogP contribution in [0.3, 0.4) is 0 Å². The molecule has 18 heavy (non-hydrogen) atoms. The Morgan fingerprint density at radius 2 is 1.78 bits per heavy atom. The van der Waals surface area contributed by atoms with Crippen LogP contribution in [-0.4, -0.2) is 11.1 Å². The van der Waals surface area contributed by atoms with Gasteiger partial charge in [0.2, 0.25) is 0 Å². The molecule has 0 aliphatic carbocycles. The summed E-state index contributed by atoms with van der Waals surface area (Å²) in [5.41, 5.74) is 0.411. The van der Waals surface area contributed by atoms with Crippen LogP contribution in [0.2, 0.25) is 0 Å². The van der Waals surface area contributed by atoms with Crippen molar-refractivity contribution in [2.24, 2.45) is 0 Å². The lowest BCUT2D eigenvalue weighted by atomic mass is 10.4. The van der Waals surface area contributed by atoms with Crippen molar-refractivity contribution >= 4 is 5.97 Å². The number of ether oxygens (including phenoxy) is 1. The third-order valence-corrected chi connectivity index (χ3v) is 1.78. The Hall–Kier alpha value is -2.44. The van der Waals surface area contributed by atoms with Crippen molar-refractivity contribution in [1.29, 1.82) is 0 Å². The normalized spacial score (nSPS) is 10.6. The zero-order chi connectivity index (χ0) is 14.1. The maximum Gasteiger partial charge on any atom is 0.338 e. The number of carbonyl (C=O) groups excluding carboxylic acids is 1. The number of hydrogen-bond donors (Lipinski definition) is 0. The summed E-state index contributed by atoms with van der Waals surface area (Å²) in [5.74, 6) is -0.367. The molecular formula is C11H14N2O5. The third kappa shape index (κ3) is 6.94. The molecule has 1 rings (SSSR count). The Labute approximate surface area is 104 Å². The molecule has 0 aromatic carbocycles. The molecule has 0 amide bonds. The fraction of sp³-hybridized carbons (Fsp3) is 0.273. The molecule has 0 radical (unpaired) electrons. The van der Waals surface area contributed by atoms with Gasteiger partial charge in [0, 0.05) is 24.6 Å². The summed E-state index contributed by atoms with van der Waals surface area (Å²) in [6.45, 7) is 6.95. The quantitative estimate of drug-likeness (QED) is 0.267. The topological polar surface area (TPSA) is 96.4 Å². The van der Waals surface area contributed by atoms with Gasteiger partial charge in [-0.05, 0) is 6.92 Å². The zero-order valence-electron chi connectivity index (χ0n) is 10.1. The molecule has 7 heteroatoms. The van der Waals surface area contributed by atoms with Crippen molar-refractivity contribution in [3.63, 3.8) is 0 Å². The van der Waals surface area contributed by atoms with Crippen LogP contribution in [0.5, 0.6) is 0 Å². The summed E-state index contributed by atoms with van der Waals surface area (Å²) >= 11 is 0. The van der Waals surface area contributed by atoms with Crippen LogP contribution >= 0.6 is 0 Å². The van der Waals surface area contributed by atoms with Gasteiger partial charge in [-0.1, -0.05) is 12.6 Å². The van der Waals surface area contributed by atoms with E-state index < -0.39 is 5.09 Å². The number of esters is 1. The van der Waals surface area contributed by atoms with E-state index in [-0.39, 0.29) is 12.2 Å². The molecule has 98 valence electrons. The Bertz CT molecular complexity index is 415. The molecule has 0 aliphatic rings. The Morgan fingerprint density at radius 3 is 2.17 bits per heavy atom. The number of carbonyl (C=O) groups is 1. The predicted octanol–water partition coefficient (Wildman–Crippen LogP) is 1.37. The second kappa shape index (κ2) is 7.77. The summed E-state index contributed by atoms with van der Waals surface area (Å²) in [5, 5.41) is 14.8. The first-order valence-corrected chi connectivity index (χ1v) is 4.98. The van der Waals surface area contributed by atoms with Crippen LogP contribution in [0.1, 0.15) is 20.1 Å². The Morgan fingerprint density at radius 1 is 1.33 bits per heavy atom. The predicted molar refractivity (Wildman–Crippen MR) is 62.6 cm³/mol. The fourth-order valence-electron chi connectivity index (χ4n) is 0.971. The van der Waals surface area contributed by atoms with Crippen molar-refractivity contribution in [3.05, 3.63) is 58.1 Å². The molecule has 1 aromatic rings. The maximum atomic E-state index is 11.2. The van der Waals surface area contributed by atoms with Gasteiger partial charge in [-0.25, -0.2) is 4.79 Å². The lowest BCUT2D eigenvalue weighted by molar-refractivity contribution is -0.753. The Balaban J connectivity index is 0.000000631. The zero-order valence-corrected chi connectivity index (χ0v) is 10.1. The summed E-state index contributed by atoms with van der Waals surface area (Å²) in [6.07, 6.45) is 3.38. The molecule has 0 N–H and O–H groups in total. The number of rotatable bonds is 3. The molecule has 1 aromatic heterocycles. The second-order valence-corrected chi connectivity index (χ2v) is 3.33. The molecule has 7 nitrogen and oxygen atoms in total. The molecule has 0 aliphatic heterocycles. The SMILES string of the molecule is C=C(C)C(=O)OC(C)[n+]1ccccc1.O=[N+]([O-])[O-]. The minimum Gasteiger partial charge on any atom is -0.399 e. The fourth-order valence-corrected chi connectivity index (χ4v) is 0.971. The van der Waals surface area contributed by atoms with E-state index >= 15 is 0 Å². The highest BCUT2D eigenvalue weighted by Gasteiger charge is 2.16. The molecule has 1 unspecified atom stereocenters. The van der Waals surface area contributed by atoms with E-state index in [1.165, 1.54) is 0 Å². The van der Waals surface area contributed by atoms with Crippen LogP contribution in [0, 0.1) is 15.3 Å². The number of hydrogen-bond acceptors (Lipinski definition) is 5. The van der Waals surface area contributed by atoms with Crippen molar-refractivity contribution in [2.75, 3.05) is 0 Å². The molecule has 1 atom stereocenters. The first-order chi connectivity index (χ1) is 8.34. The van der Waals surface area contributed by atoms with Gasteiger partial charge in [-0.15, -0.1) is 0 Å². The Kier molecular flexibility index (Phi) is 6.72. The average Bonchev–Trinajstić information content (AvgIpc) is 2.29. The molecule has 0 saturated heterocycles. The van der Waals surface area contributed by atoms with Gasteiger partial charge in [0.15, 0.2) is 12.4 Å². The van der Waals surface area contributed by atoms with Crippen molar-refractivity contribution in [3.8, 4) is 0 Å². The third-order valence-electron chi connectivity index (χ3n) is 1.78. The molecule has 0 spiro atoms. The lowest BCUT2D eigenvalue weighted by Crippen LogP contribution is -2.39. The first-order valence-electron chi connectivity index (χ1n) is 4.98. The monoisotopic (exact) mass is 254 g/mol. The highest BCUT2D eigenvalue weighted by Crippen LogP contribution is 2.01. The standard InChI is InChI=1S/C11H14NO2.NO3/c1-9(2)11(13)14-10(3)12-7-5-4-6-8-12;2-1(3)4/h4-8,10H,1H2,2-3H3;/q+1;-1. The smallest absolute Gasteiger partial charge is 0.338 e. The van der Waals surface area contributed by atoms with Crippen molar-refractivity contribution in [2.45, 2.75) is 20.1 Å². The molecule has 0 bridgehead atoms. The van der Waals surface area contributed by atoms with E-state index in [0.717, 1.165) is 0 Å². The van der Waals surface area contributed by atoms with Crippen LogP contribution in [-0.2, 0) is 9.53 Å². The van der Waals surface area contributed by atoms with Gasteiger partial charge in [0.05, 0.1) is 5.09 Å². The van der Waals surface area contributed by atoms with Gasteiger partial charge < -0.3 is 20.1 Å². The summed E-state index contributed by atoms with van der Waals surface area (Å²) in [4.78, 5) is 19.4. The van der Waals surface area contributed by atoms with Crippen LogP contribution in [0.15, 0.2) is 42.7 Å². The minimum atomic E-state index is -1.75. The summed E-state index contributed by atoms with van der Waals surface area (Å²) in [6, 6.07) is 5.67. The first kappa shape index (κ1) is 15.6. The minimum absolute atomic E-state index is 0.305. The van der Waals surface area contributed by atoms with Gasteiger partial charge in [-0.3, -0.25) is 0 Å². The van der Waals surface area contributed by atoms with Crippen LogP contribution < -0.4 is 4.57 Å². The van der Waals surface area contributed by atoms with E-state index in [2.05, 4.69) is 6.58 Å². The maximum absolute atomic E-state index is 11.2. The summed E-state index contributed by atoms with van der Waals surface area (Å²) in [7, 11) is 0. The number of nitrogens with zero attached hydrogens (tertiary/aromatic N) is 2. The van der Waals surface area contributed by atoms with Gasteiger partial charge in [0.25, 0.3) is 0 Å². The van der Waals surface area contributed by atoms with Crippen LogP contribution in [0.4, 0.5) is 0 Å². The van der Waals surface area contributed by atoms with Crippen molar-refractivity contribution < 1.29 is 19.2 Å². The molecule has 0 saturated carbocycles. The van der Waals surface area contributed by atoms with Gasteiger partial charge in [-0.2, -0.15) is 4.57 Å². The summed E-state index contributed by atoms with van der Waals surface area (Å²) < 4.78 is 6.93. The largest absolute Gasteiger partial charge is 0.399 e. The van der Waals surface area contributed by atoms with Crippen molar-refractivity contribution in [1.82, 2.24) is 0 Å². The van der Waals surface area contributed by atoms with E-state index in [4.69, 9.17) is 20.1 Å². The highest BCUT2D eigenvalue weighted by atomic mass is 16.9. The van der Waals surface area contributed by atoms with Crippen LogP contribution in [0.25, 0.3) is 0 Å². The molecular weight excluding hydrogens is 240 g/mol. The highest BCUT2D eigenvalue weighted by molar-refractivity contribution is 5.86. The van der Waals surface area contributed by atoms with Gasteiger partial charge >= 0.3 is 12.2 Å². The average molecular weight is 254 g/mol. The lowest BCUT2D eigenvalue weighted by Gasteiger charge is -2.07. The molecule has 0 fully saturated rings. The second-order valence-electron chi connectivity index (χ2n) is 3.33. The van der Waals surface area contributed by atoms with Gasteiger partial charge in [0.1, 0.15) is 0 Å². The van der Waals surface area contributed by atoms with E-state index in [0.29, 0.717) is 5.57 Å². The number of pyridine rings is 1. The van der Waals surface area contributed by atoms with E-state index in [9.17, 15) is 4.79 Å².